The first-order valence-electron chi connectivity index (χ1n) is 24.5. The first kappa shape index (κ1) is 64.8. The largest absolute Gasteiger partial charge is 0.454 e. The van der Waals surface area contributed by atoms with Crippen LogP contribution in [0.3, 0.4) is 0 Å². The zero-order valence-electron chi connectivity index (χ0n) is 42.4. The average molecular weight is 1240 g/mol. The van der Waals surface area contributed by atoms with Gasteiger partial charge in [-0.25, -0.2) is 4.79 Å². The van der Waals surface area contributed by atoms with Crippen molar-refractivity contribution in [2.45, 2.75) is 94.2 Å². The van der Waals surface area contributed by atoms with Crippen molar-refractivity contribution in [1.29, 1.82) is 0 Å². The van der Waals surface area contributed by atoms with Gasteiger partial charge in [-0.1, -0.05) is 97.4 Å². The van der Waals surface area contributed by atoms with Crippen molar-refractivity contribution in [2.24, 2.45) is 0 Å². The van der Waals surface area contributed by atoms with E-state index in [2.05, 4.69) is 0 Å². The van der Waals surface area contributed by atoms with Crippen molar-refractivity contribution in [1.82, 2.24) is 0 Å². The zero-order valence-corrected chi connectivity index (χ0v) is 42.4. The molecule has 0 aliphatic heterocycles. The molecule has 1 aromatic heterocycles. The third kappa shape index (κ3) is 14.9. The van der Waals surface area contributed by atoms with Crippen LogP contribution in [-0.4, -0.2) is 24.0 Å². The number of carbonyl (C=O) groups excluding carboxylic acids is 2. The number of Topliss-reactive ketones (excluding diaryl/α,β-unsaturated/α-hetero) is 1. The summed E-state index contributed by atoms with van der Waals surface area (Å²) < 4.78 is 348. The third-order valence-corrected chi connectivity index (χ3v) is 13.8. The van der Waals surface area contributed by atoms with Crippen LogP contribution in [0.25, 0.3) is 10.9 Å². The van der Waals surface area contributed by atoms with Crippen LogP contribution >= 0.6 is 0 Å². The summed E-state index contributed by atoms with van der Waals surface area (Å²) in [6, 6.07) is 11.8. The molecular formula is C56H36BF24NO3. The topological polar surface area (TPSA) is 47.2 Å². The number of rotatable bonds is 9. The highest BCUT2D eigenvalue weighted by molar-refractivity contribution is 7.20. The summed E-state index contributed by atoms with van der Waals surface area (Å²) in [5.41, 5.74) is -28.3. The number of fused-ring (bicyclic) bond motifs is 1. The maximum Gasteiger partial charge on any atom is 0.416 e. The molecular weight excluding hydrogens is 1200 g/mol. The van der Waals surface area contributed by atoms with Gasteiger partial charge in [-0.05, 0) is 62.1 Å². The van der Waals surface area contributed by atoms with E-state index in [0.29, 0.717) is 11.3 Å². The summed E-state index contributed by atoms with van der Waals surface area (Å²) in [7, 11) is 0. The summed E-state index contributed by atoms with van der Waals surface area (Å²) in [6.45, 7) is 0.0977. The number of hydrogen-bond donors (Lipinski definition) is 0. The fourth-order valence-corrected chi connectivity index (χ4v) is 9.94. The van der Waals surface area contributed by atoms with Crippen LogP contribution in [0.15, 0.2) is 140 Å². The number of halogens is 24. The number of benzene rings is 6. The molecule has 8 rings (SSSR count). The molecule has 1 heterocycles. The minimum Gasteiger partial charge on any atom is -0.454 e. The Morgan fingerprint density at radius 2 is 0.694 bits per heavy atom. The normalized spacial score (nSPS) is 14.4. The van der Waals surface area contributed by atoms with E-state index < -0.39 is 195 Å². The van der Waals surface area contributed by atoms with Crippen molar-refractivity contribution in [3.05, 3.63) is 195 Å². The number of nitrogens with zero attached hydrogens (tertiary/aromatic N) is 1. The Labute approximate surface area is 463 Å². The van der Waals surface area contributed by atoms with Crippen molar-refractivity contribution < 1.29 is 124 Å². The standard InChI is InChI=1S/C32H12BF24.C24H24NO3/c34-25(35,36)13-1-14(26(37,38)39)6-21(5-13)33(22-7-15(27(40,41)42)2-16(8-22)28(43,44)45,23-9-17(29(46,47)48)3-18(10-23)30(49,50)51)24-11-19(31(52,53)54)4-20(12-24)32(55,56)57;26-23(19-10-3-1-4-11-19)17-25-21-14-8-7-9-18(21)15-16-22(25)24(27)28-20-12-5-2-6-13-20/h1-12H;1,3-4,7-11,14-16,20H,2,5-6,12-13,17H2/q-1;+1. The molecule has 1 aliphatic carbocycles. The number of esters is 1. The maximum absolute atomic E-state index is 14.2. The number of carbonyl (C=O) groups is 2. The monoisotopic (exact) mass is 1240 g/mol. The number of para-hydroxylation sites is 1. The second kappa shape index (κ2) is 23.3. The lowest BCUT2D eigenvalue weighted by Gasteiger charge is -2.46. The van der Waals surface area contributed by atoms with Gasteiger partial charge >= 0.3 is 55.4 Å². The molecule has 0 radical (unpaired) electrons. The van der Waals surface area contributed by atoms with E-state index in [4.69, 9.17) is 4.74 Å². The van der Waals surface area contributed by atoms with E-state index in [0.717, 1.165) is 36.6 Å². The lowest BCUT2D eigenvalue weighted by molar-refractivity contribution is -0.659. The zero-order chi connectivity index (χ0) is 63.3. The van der Waals surface area contributed by atoms with Crippen LogP contribution in [0.2, 0.25) is 0 Å². The van der Waals surface area contributed by atoms with Crippen LogP contribution in [0.5, 0.6) is 0 Å². The fraction of sp³-hybridized carbons (Fsp3) is 0.268. The Balaban J connectivity index is 0.000000306. The van der Waals surface area contributed by atoms with Crippen molar-refractivity contribution in [3.8, 4) is 0 Å². The summed E-state index contributed by atoms with van der Waals surface area (Å²) >= 11 is 0. The number of ketones is 1. The second-order valence-corrected chi connectivity index (χ2v) is 19.5. The molecule has 1 fully saturated rings. The number of hydrogen-bond acceptors (Lipinski definition) is 3. The number of pyridine rings is 1. The molecule has 0 atom stereocenters. The number of ether oxygens (including phenoxy) is 1. The quantitative estimate of drug-likeness (QED) is 0.0476. The molecule has 0 unspecified atom stereocenters. The highest BCUT2D eigenvalue weighted by atomic mass is 19.4. The van der Waals surface area contributed by atoms with E-state index in [1.807, 2.05) is 48.5 Å². The lowest BCUT2D eigenvalue weighted by Crippen LogP contribution is -2.75. The Bertz CT molecular complexity index is 3150. The minimum atomic E-state index is -6.13. The minimum absolute atomic E-state index is 0.0222. The molecule has 85 heavy (non-hydrogen) atoms. The van der Waals surface area contributed by atoms with Gasteiger partial charge in [0.2, 0.25) is 17.8 Å². The molecule has 1 saturated carbocycles. The van der Waals surface area contributed by atoms with Gasteiger partial charge in [-0.2, -0.15) is 132 Å². The van der Waals surface area contributed by atoms with Crippen LogP contribution in [-0.2, 0) is 60.7 Å². The average Bonchev–Trinajstić information content (AvgIpc) is 0.755. The van der Waals surface area contributed by atoms with Gasteiger partial charge in [0.15, 0.2) is 0 Å². The SMILES string of the molecule is FC(F)(F)c1cc([B-](c2cc(C(F)(F)F)cc(C(F)(F)F)c2)(c2cc(C(F)(F)F)cc(C(F)(F)F)c2)c2cc(C(F)(F)F)cc(C(F)(F)F)c2)cc(C(F)(F)F)c1.O=C(C[n+]1c(C(=O)OC2CCCCC2)ccc2ccccc21)c1ccccc1. The molecule has 454 valence electrons. The van der Waals surface area contributed by atoms with E-state index in [1.165, 1.54) is 6.42 Å². The van der Waals surface area contributed by atoms with Crippen molar-refractivity contribution in [3.63, 3.8) is 0 Å². The summed E-state index contributed by atoms with van der Waals surface area (Å²) in [5.74, 6) is -0.382. The second-order valence-electron chi connectivity index (χ2n) is 19.5. The lowest BCUT2D eigenvalue weighted by atomic mass is 9.12. The molecule has 4 nitrogen and oxygen atoms in total. The van der Waals surface area contributed by atoms with E-state index in [1.54, 1.807) is 22.8 Å². The van der Waals surface area contributed by atoms with Crippen molar-refractivity contribution in [2.75, 3.05) is 0 Å². The Morgan fingerprint density at radius 1 is 0.388 bits per heavy atom. The first-order valence-corrected chi connectivity index (χ1v) is 24.5. The van der Waals surface area contributed by atoms with Gasteiger partial charge in [0.25, 0.3) is 5.69 Å². The molecule has 0 spiro atoms. The van der Waals surface area contributed by atoms with Crippen LogP contribution in [0, 0.1) is 0 Å². The predicted octanol–water partition coefficient (Wildman–Crippen LogP) is 15.7. The van der Waals surface area contributed by atoms with Gasteiger partial charge in [-0.3, -0.25) is 4.79 Å². The summed E-state index contributed by atoms with van der Waals surface area (Å²) in [5, 5.41) is 0.984. The number of aromatic nitrogens is 1. The fourth-order valence-electron chi connectivity index (χ4n) is 9.94. The van der Waals surface area contributed by atoms with Crippen LogP contribution in [0.1, 0.15) is 97.5 Å². The van der Waals surface area contributed by atoms with Gasteiger partial charge in [0.05, 0.1) is 44.5 Å². The molecule has 0 saturated heterocycles. The Hall–Kier alpha value is -7.75. The van der Waals surface area contributed by atoms with Gasteiger partial charge in [-0.15, -0.1) is 0 Å². The van der Waals surface area contributed by atoms with Gasteiger partial charge in [0.1, 0.15) is 12.2 Å². The Morgan fingerprint density at radius 3 is 1.01 bits per heavy atom. The molecule has 1 aliphatic rings. The molecule has 0 N–H and O–H groups in total. The molecule has 0 amide bonds. The smallest absolute Gasteiger partial charge is 0.416 e. The third-order valence-electron chi connectivity index (χ3n) is 13.8. The van der Waals surface area contributed by atoms with Crippen LogP contribution in [0.4, 0.5) is 105 Å². The molecule has 7 aromatic rings. The molecule has 0 bridgehead atoms. The predicted molar refractivity (Wildman–Crippen MR) is 257 cm³/mol. The Kier molecular flexibility index (Phi) is 17.7. The molecule has 6 aromatic carbocycles. The first-order chi connectivity index (χ1) is 39.0. The van der Waals surface area contributed by atoms with E-state index in [9.17, 15) is 115 Å². The summed E-state index contributed by atoms with van der Waals surface area (Å²) in [4.78, 5) is 25.8. The van der Waals surface area contributed by atoms with Crippen molar-refractivity contribution >= 4 is 50.7 Å². The van der Waals surface area contributed by atoms with Gasteiger partial charge in [0, 0.05) is 23.1 Å². The van der Waals surface area contributed by atoms with Crippen LogP contribution < -0.4 is 26.4 Å². The van der Waals surface area contributed by atoms with E-state index in [-0.39, 0.29) is 24.4 Å². The highest BCUT2D eigenvalue weighted by Crippen LogP contribution is 2.42. The molecule has 29 heteroatoms. The van der Waals surface area contributed by atoms with E-state index >= 15 is 0 Å². The number of alkyl halides is 24. The van der Waals surface area contributed by atoms with Gasteiger partial charge < -0.3 is 4.74 Å². The maximum atomic E-state index is 14.2. The summed E-state index contributed by atoms with van der Waals surface area (Å²) in [6.07, 6.45) is -49.6. The highest BCUT2D eigenvalue weighted by Gasteiger charge is 2.47.